The maximum Gasteiger partial charge on any atom is 0.159 e. The molecule has 0 heterocycles. The lowest BCUT2D eigenvalue weighted by molar-refractivity contribution is 0.316. The SMILES string of the molecule is NC(CCNCc1ccc(F)c(F)c1)=NO. The summed E-state index contributed by atoms with van der Waals surface area (Å²) in [6, 6.07) is 3.70. The number of oxime groups is 1. The van der Waals surface area contributed by atoms with Crippen LogP contribution >= 0.6 is 0 Å². The van der Waals surface area contributed by atoms with Crippen molar-refractivity contribution >= 4 is 5.84 Å². The van der Waals surface area contributed by atoms with Crippen molar-refractivity contribution in [2.24, 2.45) is 10.9 Å². The summed E-state index contributed by atoms with van der Waals surface area (Å²) in [7, 11) is 0. The van der Waals surface area contributed by atoms with Gasteiger partial charge in [-0.05, 0) is 17.7 Å². The van der Waals surface area contributed by atoms with Crippen molar-refractivity contribution < 1.29 is 14.0 Å². The third-order valence-corrected chi connectivity index (χ3v) is 2.00. The van der Waals surface area contributed by atoms with Crippen molar-refractivity contribution in [3.05, 3.63) is 35.4 Å². The van der Waals surface area contributed by atoms with Gasteiger partial charge in [-0.25, -0.2) is 8.78 Å². The van der Waals surface area contributed by atoms with Crippen molar-refractivity contribution in [3.8, 4) is 0 Å². The van der Waals surface area contributed by atoms with E-state index >= 15 is 0 Å². The molecule has 0 saturated heterocycles. The molecule has 6 heteroatoms. The van der Waals surface area contributed by atoms with Gasteiger partial charge < -0.3 is 16.3 Å². The van der Waals surface area contributed by atoms with Crippen LogP contribution in [0.25, 0.3) is 0 Å². The minimum atomic E-state index is -0.865. The van der Waals surface area contributed by atoms with Crippen LogP contribution in [0, 0.1) is 11.6 Å². The third kappa shape index (κ3) is 3.82. The lowest BCUT2D eigenvalue weighted by Gasteiger charge is -2.04. The summed E-state index contributed by atoms with van der Waals surface area (Å²) in [4.78, 5) is 0. The molecule has 0 aliphatic carbocycles. The second-order valence-electron chi connectivity index (χ2n) is 3.27. The first-order valence-corrected chi connectivity index (χ1v) is 4.74. The second kappa shape index (κ2) is 6.02. The van der Waals surface area contributed by atoms with Crippen LogP contribution in [0.4, 0.5) is 8.78 Å². The average Bonchev–Trinajstić information content (AvgIpc) is 2.28. The molecule has 4 nitrogen and oxygen atoms in total. The second-order valence-corrected chi connectivity index (χ2v) is 3.27. The minimum absolute atomic E-state index is 0.123. The van der Waals surface area contributed by atoms with Crippen LogP contribution in [0.5, 0.6) is 0 Å². The molecule has 0 fully saturated rings. The molecule has 1 rings (SSSR count). The molecule has 0 unspecified atom stereocenters. The molecule has 0 atom stereocenters. The van der Waals surface area contributed by atoms with E-state index in [0.717, 1.165) is 12.1 Å². The molecule has 0 aliphatic heterocycles. The molecule has 0 bridgehead atoms. The minimum Gasteiger partial charge on any atom is -0.409 e. The van der Waals surface area contributed by atoms with Gasteiger partial charge in [0.1, 0.15) is 5.84 Å². The van der Waals surface area contributed by atoms with Gasteiger partial charge in [0.15, 0.2) is 11.6 Å². The molecule has 16 heavy (non-hydrogen) atoms. The number of halogens is 2. The van der Waals surface area contributed by atoms with E-state index in [1.54, 1.807) is 0 Å². The molecule has 1 aromatic carbocycles. The van der Waals surface area contributed by atoms with Crippen LogP contribution in [0.3, 0.4) is 0 Å². The first-order chi connectivity index (χ1) is 7.63. The highest BCUT2D eigenvalue weighted by Crippen LogP contribution is 2.08. The molecular formula is C10H13F2N3O. The zero-order valence-electron chi connectivity index (χ0n) is 8.58. The van der Waals surface area contributed by atoms with Gasteiger partial charge in [0.25, 0.3) is 0 Å². The lowest BCUT2D eigenvalue weighted by Crippen LogP contribution is -2.22. The lowest BCUT2D eigenvalue weighted by atomic mass is 10.2. The summed E-state index contributed by atoms with van der Waals surface area (Å²) in [5.41, 5.74) is 5.88. The number of hydrogen-bond acceptors (Lipinski definition) is 3. The Kier molecular flexibility index (Phi) is 4.65. The van der Waals surface area contributed by atoms with Gasteiger partial charge in [-0.2, -0.15) is 0 Å². The first-order valence-electron chi connectivity index (χ1n) is 4.74. The Bertz CT molecular complexity index is 382. The molecule has 4 N–H and O–H groups in total. The topological polar surface area (TPSA) is 70.6 Å². The van der Waals surface area contributed by atoms with Gasteiger partial charge in [0.05, 0.1) is 0 Å². The van der Waals surface area contributed by atoms with Crippen LogP contribution in [-0.4, -0.2) is 17.6 Å². The smallest absolute Gasteiger partial charge is 0.159 e. The highest BCUT2D eigenvalue weighted by Gasteiger charge is 2.02. The number of nitrogens with two attached hydrogens (primary N) is 1. The van der Waals surface area contributed by atoms with E-state index in [9.17, 15) is 8.78 Å². The summed E-state index contributed by atoms with van der Waals surface area (Å²) in [6.07, 6.45) is 0.389. The maximum atomic E-state index is 12.8. The Morgan fingerprint density at radius 3 is 2.75 bits per heavy atom. The van der Waals surface area contributed by atoms with E-state index < -0.39 is 11.6 Å². The normalized spacial score (nSPS) is 11.8. The van der Waals surface area contributed by atoms with Crippen LogP contribution in [0.2, 0.25) is 0 Å². The van der Waals surface area contributed by atoms with E-state index in [4.69, 9.17) is 10.9 Å². The Morgan fingerprint density at radius 1 is 1.38 bits per heavy atom. The number of hydrogen-bond donors (Lipinski definition) is 3. The van der Waals surface area contributed by atoms with Crippen molar-refractivity contribution in [2.75, 3.05) is 6.54 Å². The first kappa shape index (κ1) is 12.4. The van der Waals surface area contributed by atoms with Gasteiger partial charge in [-0.3, -0.25) is 0 Å². The zero-order valence-corrected chi connectivity index (χ0v) is 8.58. The largest absolute Gasteiger partial charge is 0.409 e. The zero-order chi connectivity index (χ0) is 12.0. The summed E-state index contributed by atoms with van der Waals surface area (Å²) in [5.74, 6) is -1.60. The number of rotatable bonds is 5. The third-order valence-electron chi connectivity index (χ3n) is 2.00. The van der Waals surface area contributed by atoms with Crippen molar-refractivity contribution in [1.82, 2.24) is 5.32 Å². The van der Waals surface area contributed by atoms with Crippen molar-refractivity contribution in [1.29, 1.82) is 0 Å². The Labute approximate surface area is 91.8 Å². The van der Waals surface area contributed by atoms with Crippen molar-refractivity contribution in [2.45, 2.75) is 13.0 Å². The Balaban J connectivity index is 2.35. The van der Waals surface area contributed by atoms with E-state index in [-0.39, 0.29) is 5.84 Å². The number of nitrogens with one attached hydrogen (secondary N) is 1. The van der Waals surface area contributed by atoms with E-state index in [0.29, 0.717) is 25.1 Å². The standard InChI is InChI=1S/C10H13F2N3O/c11-8-2-1-7(5-9(8)12)6-14-4-3-10(13)15-16/h1-2,5,14,16H,3-4,6H2,(H2,13,15). The highest BCUT2D eigenvalue weighted by atomic mass is 19.2. The Hall–Kier alpha value is -1.69. The van der Waals surface area contributed by atoms with E-state index in [1.807, 2.05) is 0 Å². The van der Waals surface area contributed by atoms with Gasteiger partial charge in [0.2, 0.25) is 0 Å². The molecule has 0 amide bonds. The Morgan fingerprint density at radius 2 is 2.12 bits per heavy atom. The average molecular weight is 229 g/mol. The molecule has 0 aromatic heterocycles. The van der Waals surface area contributed by atoms with Crippen LogP contribution in [0.15, 0.2) is 23.4 Å². The summed E-state index contributed by atoms with van der Waals surface area (Å²) in [5, 5.41) is 14.0. The summed E-state index contributed by atoms with van der Waals surface area (Å²) in [6.45, 7) is 0.894. The fraction of sp³-hybridized carbons (Fsp3) is 0.300. The fourth-order valence-electron chi connectivity index (χ4n) is 1.15. The quantitative estimate of drug-likeness (QED) is 0.233. The highest BCUT2D eigenvalue weighted by molar-refractivity contribution is 5.79. The van der Waals surface area contributed by atoms with Gasteiger partial charge in [0, 0.05) is 19.5 Å². The fourth-order valence-corrected chi connectivity index (χ4v) is 1.15. The number of benzene rings is 1. The van der Waals surface area contributed by atoms with Crippen molar-refractivity contribution in [3.63, 3.8) is 0 Å². The predicted molar refractivity (Wildman–Crippen MR) is 56.1 cm³/mol. The maximum absolute atomic E-state index is 12.8. The molecule has 0 radical (unpaired) electrons. The molecule has 88 valence electrons. The molecular weight excluding hydrogens is 216 g/mol. The number of nitrogens with zero attached hydrogens (tertiary/aromatic N) is 1. The van der Waals surface area contributed by atoms with E-state index in [1.165, 1.54) is 6.07 Å². The van der Waals surface area contributed by atoms with Crippen LogP contribution in [0.1, 0.15) is 12.0 Å². The summed E-state index contributed by atoms with van der Waals surface area (Å²) < 4.78 is 25.4. The van der Waals surface area contributed by atoms with Crippen LogP contribution < -0.4 is 11.1 Å². The van der Waals surface area contributed by atoms with Crippen LogP contribution in [-0.2, 0) is 6.54 Å². The van der Waals surface area contributed by atoms with Gasteiger partial charge in [-0.15, -0.1) is 0 Å². The molecule has 0 spiro atoms. The monoisotopic (exact) mass is 229 g/mol. The molecule has 0 saturated carbocycles. The summed E-state index contributed by atoms with van der Waals surface area (Å²) >= 11 is 0. The molecule has 1 aromatic rings. The van der Waals surface area contributed by atoms with Gasteiger partial charge >= 0.3 is 0 Å². The van der Waals surface area contributed by atoms with E-state index in [2.05, 4.69) is 10.5 Å². The number of amidine groups is 1. The predicted octanol–water partition coefficient (Wildman–Crippen LogP) is 1.19. The van der Waals surface area contributed by atoms with Gasteiger partial charge in [-0.1, -0.05) is 11.2 Å². The molecule has 0 aliphatic rings.